The van der Waals surface area contributed by atoms with Crippen molar-refractivity contribution in [1.29, 1.82) is 0 Å². The van der Waals surface area contributed by atoms with Gasteiger partial charge in [-0.05, 0) is 48.9 Å². The van der Waals surface area contributed by atoms with Crippen LogP contribution in [0, 0.1) is 22.0 Å². The number of aliphatic hydroxyl groups excluding tert-OH is 1. The molecule has 1 fully saturated rings. The van der Waals surface area contributed by atoms with Gasteiger partial charge in [-0.3, -0.25) is 19.8 Å². The number of phosphoric ester groups is 1. The van der Waals surface area contributed by atoms with Gasteiger partial charge in [-0.25, -0.2) is 4.79 Å². The van der Waals surface area contributed by atoms with Crippen molar-refractivity contribution in [2.24, 2.45) is 11.8 Å². The Balaban J connectivity index is 1.48. The summed E-state index contributed by atoms with van der Waals surface area (Å²) in [5, 5.41) is 21.2. The number of nitro benzene ring substituents is 1. The summed E-state index contributed by atoms with van der Waals surface area (Å²) < 4.78 is 37.0. The van der Waals surface area contributed by atoms with Gasteiger partial charge in [0.2, 0.25) is 5.91 Å². The van der Waals surface area contributed by atoms with E-state index in [0.29, 0.717) is 5.56 Å². The fourth-order valence-electron chi connectivity index (χ4n) is 4.96. The van der Waals surface area contributed by atoms with Gasteiger partial charge in [0.25, 0.3) is 5.69 Å². The van der Waals surface area contributed by atoms with Crippen molar-refractivity contribution in [2.75, 3.05) is 0 Å². The number of rotatable bonds is 11. The van der Waals surface area contributed by atoms with E-state index in [2.05, 4.69) is 0 Å². The summed E-state index contributed by atoms with van der Waals surface area (Å²) in [6.07, 6.45) is -1.02. The maximum absolute atomic E-state index is 14.2. The summed E-state index contributed by atoms with van der Waals surface area (Å²) in [5.74, 6) is -2.82. The van der Waals surface area contributed by atoms with E-state index in [1.165, 1.54) is 36.1 Å². The van der Waals surface area contributed by atoms with Crippen LogP contribution in [-0.2, 0) is 30.0 Å². The maximum atomic E-state index is 14.2. The van der Waals surface area contributed by atoms with E-state index in [-0.39, 0.29) is 35.2 Å². The third kappa shape index (κ3) is 5.72. The van der Waals surface area contributed by atoms with Crippen LogP contribution in [0.3, 0.4) is 0 Å². The van der Waals surface area contributed by atoms with Crippen molar-refractivity contribution in [2.45, 2.75) is 32.6 Å². The number of non-ortho nitro benzene ring substituents is 1. The molecule has 1 amide bonds. The van der Waals surface area contributed by atoms with Gasteiger partial charge < -0.3 is 23.4 Å². The van der Waals surface area contributed by atoms with Crippen molar-refractivity contribution >= 4 is 25.4 Å². The van der Waals surface area contributed by atoms with Gasteiger partial charge >= 0.3 is 13.8 Å². The van der Waals surface area contributed by atoms with E-state index < -0.39 is 48.6 Å². The number of β-lactam (4-membered cyclic amide) rings is 1. The summed E-state index contributed by atoms with van der Waals surface area (Å²) >= 11 is 0. The SMILES string of the molecule is C[C@@H]1C(OP(=O)(Oc2ccccc2)Oc2ccccc2)=C(C(=O)OCc2ccc([N+](=O)[O-])cc2)N2C(=O)[C@@H]([C@@H](C)O)[C@@H]12. The molecule has 218 valence electrons. The molecule has 0 saturated carbocycles. The Morgan fingerprint density at radius 1 is 0.976 bits per heavy atom. The average molecular weight is 595 g/mol. The lowest BCUT2D eigenvalue weighted by molar-refractivity contribution is -0.384. The Bertz CT molecular complexity index is 1510. The number of benzene rings is 3. The molecule has 0 aromatic heterocycles. The summed E-state index contributed by atoms with van der Waals surface area (Å²) in [4.78, 5) is 38.1. The fourth-order valence-corrected chi connectivity index (χ4v) is 6.33. The molecular formula is C29H27N2O10P. The normalized spacial score (nSPS) is 20.3. The number of nitro groups is 1. The molecule has 0 unspecified atom stereocenters. The van der Waals surface area contributed by atoms with Crippen molar-refractivity contribution in [3.8, 4) is 11.5 Å². The van der Waals surface area contributed by atoms with Crippen LogP contribution >= 0.6 is 7.82 Å². The highest BCUT2D eigenvalue weighted by Gasteiger charge is 2.62. The van der Waals surface area contributed by atoms with Crippen molar-refractivity contribution in [1.82, 2.24) is 4.90 Å². The largest absolute Gasteiger partial charge is 0.646 e. The van der Waals surface area contributed by atoms with Crippen LogP contribution in [0.25, 0.3) is 0 Å². The van der Waals surface area contributed by atoms with Crippen LogP contribution in [-0.4, -0.2) is 39.0 Å². The quantitative estimate of drug-likeness (QED) is 0.106. The monoisotopic (exact) mass is 594 g/mol. The molecule has 42 heavy (non-hydrogen) atoms. The van der Waals surface area contributed by atoms with E-state index in [1.54, 1.807) is 67.6 Å². The molecule has 3 aromatic rings. The summed E-state index contributed by atoms with van der Waals surface area (Å²) in [6, 6.07) is 21.1. The second-order valence-electron chi connectivity index (χ2n) is 9.81. The predicted molar refractivity (Wildman–Crippen MR) is 148 cm³/mol. The summed E-state index contributed by atoms with van der Waals surface area (Å²) in [7, 11) is -4.54. The van der Waals surface area contributed by atoms with E-state index in [1.807, 2.05) is 0 Å². The summed E-state index contributed by atoms with van der Waals surface area (Å²) in [6.45, 7) is 2.87. The number of fused-ring (bicyclic) bond motifs is 1. The number of carbonyl (C=O) groups is 2. The minimum Gasteiger partial charge on any atom is -0.456 e. The molecule has 2 heterocycles. The number of hydrogen-bond acceptors (Lipinski definition) is 10. The number of ether oxygens (including phenoxy) is 1. The molecule has 0 radical (unpaired) electrons. The molecule has 1 saturated heterocycles. The Labute approximate surface area is 240 Å². The number of amides is 1. The number of esters is 1. The van der Waals surface area contributed by atoms with Gasteiger partial charge in [-0.2, -0.15) is 4.57 Å². The minimum absolute atomic E-state index is 0.126. The van der Waals surface area contributed by atoms with Crippen LogP contribution in [0.2, 0.25) is 0 Å². The molecule has 4 atom stereocenters. The Hall–Kier alpha value is -4.67. The predicted octanol–water partition coefficient (Wildman–Crippen LogP) is 4.99. The van der Waals surface area contributed by atoms with Crippen LogP contribution in [0.15, 0.2) is 96.4 Å². The lowest BCUT2D eigenvalue weighted by Gasteiger charge is -2.46. The van der Waals surface area contributed by atoms with Crippen LogP contribution in [0.5, 0.6) is 11.5 Å². The molecule has 0 bridgehead atoms. The molecule has 0 aliphatic carbocycles. The van der Waals surface area contributed by atoms with Crippen molar-refractivity contribution in [3.05, 3.63) is 112 Å². The zero-order valence-electron chi connectivity index (χ0n) is 22.6. The second kappa shape index (κ2) is 11.7. The highest BCUT2D eigenvalue weighted by atomic mass is 31.2. The van der Waals surface area contributed by atoms with Gasteiger partial charge in [0.15, 0.2) is 5.70 Å². The van der Waals surface area contributed by atoms with Crippen LogP contribution in [0.1, 0.15) is 19.4 Å². The molecule has 5 rings (SSSR count). The summed E-state index contributed by atoms with van der Waals surface area (Å²) in [5.41, 5.74) is 0.0469. The molecule has 2 aliphatic rings. The Morgan fingerprint density at radius 2 is 1.52 bits per heavy atom. The first kappa shape index (κ1) is 28.8. The lowest BCUT2D eigenvalue weighted by Crippen LogP contribution is -2.63. The minimum atomic E-state index is -4.54. The van der Waals surface area contributed by atoms with Crippen LogP contribution < -0.4 is 9.05 Å². The topological polar surface area (TPSA) is 155 Å². The van der Waals surface area contributed by atoms with E-state index >= 15 is 0 Å². The average Bonchev–Trinajstić information content (AvgIpc) is 3.20. The standard InChI is InChI=1S/C29H27N2O10P/c1-18-25-24(19(2)32)28(33)30(25)26(29(34)38-17-20-13-15-21(16-14-20)31(35)36)27(18)41-42(37,39-22-9-5-3-6-10-22)40-23-11-7-4-8-12-23/h3-16,18-19,24-25,32H,17H2,1-2H3/t18-,19+,24-,25+/m0/s1. The molecule has 12 nitrogen and oxygen atoms in total. The lowest BCUT2D eigenvalue weighted by atomic mass is 9.79. The fraction of sp³-hybridized carbons (Fsp3) is 0.241. The van der Waals surface area contributed by atoms with Gasteiger partial charge in [0.05, 0.1) is 23.0 Å². The van der Waals surface area contributed by atoms with Gasteiger partial charge in [0.1, 0.15) is 23.9 Å². The van der Waals surface area contributed by atoms with Gasteiger partial charge in [-0.15, -0.1) is 0 Å². The zero-order chi connectivity index (χ0) is 30.0. The first-order valence-electron chi connectivity index (χ1n) is 13.0. The number of hydrogen-bond donors (Lipinski definition) is 1. The third-order valence-corrected chi connectivity index (χ3v) is 8.24. The number of carbonyl (C=O) groups excluding carboxylic acids is 2. The van der Waals surface area contributed by atoms with Crippen molar-refractivity contribution < 1.29 is 42.5 Å². The number of phosphoric acid groups is 1. The molecule has 0 spiro atoms. The first-order chi connectivity index (χ1) is 20.1. The zero-order valence-corrected chi connectivity index (χ0v) is 23.5. The molecule has 1 N–H and O–H groups in total. The van der Waals surface area contributed by atoms with E-state index in [9.17, 15) is 29.4 Å². The maximum Gasteiger partial charge on any atom is 0.646 e. The second-order valence-corrected chi connectivity index (χ2v) is 11.3. The highest BCUT2D eigenvalue weighted by Crippen LogP contribution is 2.57. The smallest absolute Gasteiger partial charge is 0.456 e. The van der Waals surface area contributed by atoms with E-state index in [0.717, 1.165) is 0 Å². The van der Waals surface area contributed by atoms with E-state index in [4.69, 9.17) is 18.3 Å². The Morgan fingerprint density at radius 3 is 2.02 bits per heavy atom. The first-order valence-corrected chi connectivity index (χ1v) is 14.5. The molecule has 2 aliphatic heterocycles. The molecule has 13 heteroatoms. The number of aliphatic hydroxyl groups is 1. The van der Waals surface area contributed by atoms with Crippen molar-refractivity contribution in [3.63, 3.8) is 0 Å². The Kier molecular flexibility index (Phi) is 8.02. The number of nitrogens with zero attached hydrogens (tertiary/aromatic N) is 2. The van der Waals surface area contributed by atoms with Gasteiger partial charge in [0, 0.05) is 18.1 Å². The highest BCUT2D eigenvalue weighted by molar-refractivity contribution is 7.49. The molecule has 3 aromatic carbocycles. The van der Waals surface area contributed by atoms with Gasteiger partial charge in [-0.1, -0.05) is 43.3 Å². The third-order valence-electron chi connectivity index (χ3n) is 6.95. The molecular weight excluding hydrogens is 567 g/mol. The number of para-hydroxylation sites is 2. The van der Waals surface area contributed by atoms with Crippen LogP contribution in [0.4, 0.5) is 5.69 Å².